The van der Waals surface area contributed by atoms with Crippen LogP contribution in [0.4, 0.5) is 0 Å². The summed E-state index contributed by atoms with van der Waals surface area (Å²) in [6, 6.07) is 28.2. The fourth-order valence-electron chi connectivity index (χ4n) is 5.20. The quantitative estimate of drug-likeness (QED) is 0.225. The van der Waals surface area contributed by atoms with E-state index in [-0.39, 0.29) is 5.92 Å². The molecule has 5 nitrogen and oxygen atoms in total. The normalized spacial score (nSPS) is 11.7. The maximum absolute atomic E-state index is 6.42. The molecule has 3 aromatic heterocycles. The smallest absolute Gasteiger partial charge is 0.248 e. The summed E-state index contributed by atoms with van der Waals surface area (Å²) in [5, 5.41) is 12.1. The fraction of sp³-hybridized carbons (Fsp3) is 0.0625. The Morgan fingerprint density at radius 3 is 1.64 bits per heavy atom. The van der Waals surface area contributed by atoms with E-state index in [1.165, 1.54) is 5.56 Å². The van der Waals surface area contributed by atoms with Crippen LogP contribution in [0.25, 0.3) is 44.7 Å². The van der Waals surface area contributed by atoms with E-state index in [2.05, 4.69) is 44.7 Å². The van der Waals surface area contributed by atoms with Crippen molar-refractivity contribution in [2.45, 2.75) is 12.8 Å². The number of aryl methyl sites for hydroxylation is 1. The lowest BCUT2D eigenvalue weighted by Gasteiger charge is -2.18. The third-order valence-corrected chi connectivity index (χ3v) is 7.66. The van der Waals surface area contributed by atoms with Gasteiger partial charge in [-0.1, -0.05) is 53.0 Å². The van der Waals surface area contributed by atoms with Gasteiger partial charge in [0.15, 0.2) is 0 Å². The van der Waals surface area contributed by atoms with Gasteiger partial charge in [0.25, 0.3) is 0 Å². The summed E-state index contributed by atoms with van der Waals surface area (Å²) in [5.74, 6) is 0.897. The Balaban J connectivity index is 1.33. The summed E-state index contributed by atoms with van der Waals surface area (Å²) in [5.41, 5.74) is 8.35. The molecule has 0 spiro atoms. The number of nitrogens with zero attached hydrogens (tertiary/aromatic N) is 2. The van der Waals surface area contributed by atoms with Gasteiger partial charge in [-0.05, 0) is 84.3 Å². The van der Waals surface area contributed by atoms with Crippen molar-refractivity contribution in [1.29, 1.82) is 0 Å². The number of fused-ring (bicyclic) bond motifs is 2. The molecule has 39 heavy (non-hydrogen) atoms. The predicted molar refractivity (Wildman–Crippen MR) is 157 cm³/mol. The van der Waals surface area contributed by atoms with Crippen LogP contribution < -0.4 is 0 Å². The largest absolute Gasteiger partial charge is 0.416 e. The Hall–Kier alpha value is -4.32. The number of aromatic amines is 2. The van der Waals surface area contributed by atoms with E-state index in [0.29, 0.717) is 21.8 Å². The minimum absolute atomic E-state index is 0.0794. The van der Waals surface area contributed by atoms with Crippen molar-refractivity contribution in [2.75, 3.05) is 0 Å². The second-order valence-electron chi connectivity index (χ2n) is 9.70. The van der Waals surface area contributed by atoms with Gasteiger partial charge in [-0.25, -0.2) is 0 Å². The molecule has 7 heteroatoms. The Morgan fingerprint density at radius 2 is 1.13 bits per heavy atom. The van der Waals surface area contributed by atoms with Crippen LogP contribution in [0.5, 0.6) is 0 Å². The van der Waals surface area contributed by atoms with E-state index in [1.807, 2.05) is 79.7 Å². The average molecular weight is 549 g/mol. The van der Waals surface area contributed by atoms with Crippen molar-refractivity contribution in [3.63, 3.8) is 0 Å². The first kappa shape index (κ1) is 23.8. The zero-order chi connectivity index (χ0) is 26.5. The molecule has 0 fully saturated rings. The summed E-state index contributed by atoms with van der Waals surface area (Å²) in [6.07, 6.45) is 4.13. The molecular weight excluding hydrogens is 527 g/mol. The Labute approximate surface area is 234 Å². The molecule has 7 aromatic rings. The third kappa shape index (κ3) is 4.30. The van der Waals surface area contributed by atoms with Gasteiger partial charge in [0.1, 0.15) is 0 Å². The van der Waals surface area contributed by atoms with Crippen LogP contribution in [0.2, 0.25) is 10.0 Å². The molecule has 190 valence electrons. The van der Waals surface area contributed by atoms with E-state index in [4.69, 9.17) is 27.6 Å². The molecule has 0 amide bonds. The number of H-pyrrole nitrogens is 2. The first-order valence-electron chi connectivity index (χ1n) is 12.6. The number of hydrogen-bond acceptors (Lipinski definition) is 3. The van der Waals surface area contributed by atoms with Crippen molar-refractivity contribution in [3.8, 4) is 22.9 Å². The van der Waals surface area contributed by atoms with E-state index >= 15 is 0 Å². The second-order valence-corrected chi connectivity index (χ2v) is 10.6. The molecule has 4 aromatic carbocycles. The molecule has 0 aliphatic heterocycles. The highest BCUT2D eigenvalue weighted by molar-refractivity contribution is 6.31. The molecule has 0 bridgehead atoms. The monoisotopic (exact) mass is 548 g/mol. The summed E-state index contributed by atoms with van der Waals surface area (Å²) in [4.78, 5) is 6.84. The zero-order valence-corrected chi connectivity index (χ0v) is 22.4. The third-order valence-electron chi connectivity index (χ3n) is 7.19. The maximum Gasteiger partial charge on any atom is 0.248 e. The van der Waals surface area contributed by atoms with Crippen LogP contribution >= 0.6 is 23.2 Å². The molecule has 0 saturated carbocycles. The molecule has 0 aliphatic carbocycles. The van der Waals surface area contributed by atoms with E-state index in [0.717, 1.165) is 49.6 Å². The van der Waals surface area contributed by atoms with Crippen LogP contribution in [0.3, 0.4) is 0 Å². The van der Waals surface area contributed by atoms with Crippen molar-refractivity contribution in [3.05, 3.63) is 130 Å². The van der Waals surface area contributed by atoms with E-state index in [9.17, 15) is 0 Å². The average Bonchev–Trinajstić information content (AvgIpc) is 3.69. The number of rotatable bonds is 5. The lowest BCUT2D eigenvalue weighted by Crippen LogP contribution is -2.02. The number of halogens is 2. The van der Waals surface area contributed by atoms with Crippen molar-refractivity contribution in [2.24, 2.45) is 0 Å². The van der Waals surface area contributed by atoms with Crippen molar-refractivity contribution in [1.82, 2.24) is 20.2 Å². The first-order valence-corrected chi connectivity index (χ1v) is 13.3. The van der Waals surface area contributed by atoms with Crippen LogP contribution in [0, 0.1) is 6.92 Å². The van der Waals surface area contributed by atoms with Crippen LogP contribution in [0.1, 0.15) is 28.2 Å². The number of aromatic nitrogens is 4. The molecule has 0 unspecified atom stereocenters. The van der Waals surface area contributed by atoms with Crippen LogP contribution in [-0.2, 0) is 0 Å². The fourth-order valence-corrected chi connectivity index (χ4v) is 5.55. The van der Waals surface area contributed by atoms with Gasteiger partial charge >= 0.3 is 0 Å². The lowest BCUT2D eigenvalue weighted by atomic mass is 9.84. The van der Waals surface area contributed by atoms with Gasteiger partial charge in [0.05, 0.1) is 0 Å². The van der Waals surface area contributed by atoms with Gasteiger partial charge in [0, 0.05) is 61.3 Å². The molecule has 0 saturated heterocycles. The van der Waals surface area contributed by atoms with E-state index < -0.39 is 0 Å². The standard InChI is InChI=1S/C32H22Cl2N4O/c1-18-2-4-20(5-3-18)31-37-38-32(39-31)21-8-6-19(7-9-21)30(26-16-35-28-12-10-22(33)14-24(26)28)27-17-36-29-13-11-23(34)15-25(27)29/h2-17,30,35-36H,1H3. The number of hydrogen-bond donors (Lipinski definition) is 2. The van der Waals surface area contributed by atoms with Crippen molar-refractivity contribution < 1.29 is 4.42 Å². The Morgan fingerprint density at radius 1 is 0.641 bits per heavy atom. The first-order chi connectivity index (χ1) is 19.0. The highest BCUT2D eigenvalue weighted by Crippen LogP contribution is 2.41. The minimum Gasteiger partial charge on any atom is -0.416 e. The van der Waals surface area contributed by atoms with Crippen LogP contribution in [-0.4, -0.2) is 20.2 Å². The summed E-state index contributed by atoms with van der Waals surface area (Å²) in [7, 11) is 0. The Bertz CT molecular complexity index is 1870. The molecule has 3 heterocycles. The predicted octanol–water partition coefficient (Wildman–Crippen LogP) is 9.16. The molecule has 0 aliphatic rings. The topological polar surface area (TPSA) is 70.5 Å². The number of benzene rings is 4. The lowest BCUT2D eigenvalue weighted by molar-refractivity contribution is 0.584. The highest BCUT2D eigenvalue weighted by atomic mass is 35.5. The zero-order valence-electron chi connectivity index (χ0n) is 20.9. The molecule has 2 N–H and O–H groups in total. The molecular formula is C32H22Cl2N4O. The number of nitrogens with one attached hydrogen (secondary N) is 2. The summed E-state index contributed by atoms with van der Waals surface area (Å²) >= 11 is 12.8. The highest BCUT2D eigenvalue weighted by Gasteiger charge is 2.24. The molecule has 7 rings (SSSR count). The molecule has 0 radical (unpaired) electrons. The Kier molecular flexibility index (Phi) is 5.76. The SMILES string of the molecule is Cc1ccc(-c2nnc(-c3ccc(C(c4c[nH]c5ccc(Cl)cc45)c4c[nH]c5ccc(Cl)cc45)cc3)o2)cc1. The van der Waals surface area contributed by atoms with E-state index in [1.54, 1.807) is 0 Å². The second kappa shape index (κ2) is 9.45. The van der Waals surface area contributed by atoms with Gasteiger partial charge in [0.2, 0.25) is 11.8 Å². The van der Waals surface area contributed by atoms with Gasteiger partial charge in [-0.3, -0.25) is 0 Å². The maximum atomic E-state index is 6.42. The minimum atomic E-state index is -0.0794. The van der Waals surface area contributed by atoms with Gasteiger partial charge < -0.3 is 14.4 Å². The van der Waals surface area contributed by atoms with Crippen LogP contribution in [0.15, 0.2) is 102 Å². The van der Waals surface area contributed by atoms with Gasteiger partial charge in [-0.15, -0.1) is 10.2 Å². The van der Waals surface area contributed by atoms with Gasteiger partial charge in [-0.2, -0.15) is 0 Å². The summed E-state index contributed by atoms with van der Waals surface area (Å²) in [6.45, 7) is 2.05. The van der Waals surface area contributed by atoms with Crippen molar-refractivity contribution >= 4 is 45.0 Å². The summed E-state index contributed by atoms with van der Waals surface area (Å²) < 4.78 is 6.02. The molecule has 0 atom stereocenters.